The summed E-state index contributed by atoms with van der Waals surface area (Å²) in [5, 5.41) is 13.9. The largest absolute Gasteiger partial charge is 0.465 e. The van der Waals surface area contributed by atoms with Crippen molar-refractivity contribution in [1.29, 1.82) is 0 Å². The lowest BCUT2D eigenvalue weighted by Gasteiger charge is -2.36. The van der Waals surface area contributed by atoms with Crippen molar-refractivity contribution in [1.82, 2.24) is 10.2 Å². The maximum atomic E-state index is 12.0. The zero-order valence-corrected chi connectivity index (χ0v) is 13.6. The first-order valence-electron chi connectivity index (χ1n) is 6.73. The number of hydrogen-bond donors (Lipinski definition) is 2. The Morgan fingerprint density at radius 2 is 2.14 bits per heavy atom. The first kappa shape index (κ1) is 17.2. The van der Waals surface area contributed by atoms with Gasteiger partial charge in [-0.15, -0.1) is 11.3 Å². The van der Waals surface area contributed by atoms with E-state index in [1.807, 2.05) is 23.6 Å². The first-order chi connectivity index (χ1) is 9.73. The van der Waals surface area contributed by atoms with Crippen LogP contribution in [0.4, 0.5) is 4.79 Å². The second-order valence-electron chi connectivity index (χ2n) is 5.69. The molecule has 2 amide bonds. The molecule has 1 atom stereocenters. The Balaban J connectivity index is 2.57. The molecule has 2 N–H and O–H groups in total. The fourth-order valence-electron chi connectivity index (χ4n) is 2.02. The van der Waals surface area contributed by atoms with E-state index in [-0.39, 0.29) is 5.91 Å². The third-order valence-electron chi connectivity index (χ3n) is 2.94. The maximum Gasteiger partial charge on any atom is 0.408 e. The smallest absolute Gasteiger partial charge is 0.408 e. The molecule has 5 nitrogen and oxygen atoms in total. The molecular formula is C15H22N2O3S. The molecule has 0 aliphatic heterocycles. The molecule has 1 aromatic rings. The summed E-state index contributed by atoms with van der Waals surface area (Å²) in [6.07, 6.45) is 3.06. The number of carboxylic acid groups (broad SMARTS) is 1. The lowest BCUT2D eigenvalue weighted by molar-refractivity contribution is -0.125. The fourth-order valence-corrected chi connectivity index (χ4v) is 2.70. The van der Waals surface area contributed by atoms with Crippen molar-refractivity contribution < 1.29 is 14.7 Å². The molecule has 0 saturated carbocycles. The van der Waals surface area contributed by atoms with Gasteiger partial charge in [0.2, 0.25) is 5.91 Å². The quantitative estimate of drug-likeness (QED) is 0.878. The summed E-state index contributed by atoms with van der Waals surface area (Å²) in [5.41, 5.74) is -0.636. The molecule has 0 aromatic carbocycles. The lowest BCUT2D eigenvalue weighted by Crippen LogP contribution is -2.54. The van der Waals surface area contributed by atoms with Crippen molar-refractivity contribution in [2.75, 3.05) is 0 Å². The van der Waals surface area contributed by atoms with E-state index in [0.717, 1.165) is 11.3 Å². The third kappa shape index (κ3) is 5.23. The topological polar surface area (TPSA) is 69.6 Å². The summed E-state index contributed by atoms with van der Waals surface area (Å²) in [5.74, 6) is -0.338. The maximum absolute atomic E-state index is 12.0. The average molecular weight is 310 g/mol. The standard InChI is InChI=1S/C15H22N2O3S/c1-11(17(14(19)20)15(2,3)4)13(18)16-9-5-7-12-8-6-10-21-12/h5-6,8-11H,7H2,1-4H3,(H,16,18)(H,19,20)/b9-5+. The number of nitrogens with zero attached hydrogens (tertiary/aromatic N) is 1. The SMILES string of the molecule is CC(C(=O)N/C=C/Cc1cccs1)N(C(=O)O)C(C)(C)C. The van der Waals surface area contributed by atoms with Crippen molar-refractivity contribution in [3.05, 3.63) is 34.7 Å². The number of hydrogen-bond acceptors (Lipinski definition) is 3. The molecule has 1 aromatic heterocycles. The van der Waals surface area contributed by atoms with Crippen molar-refractivity contribution in [2.45, 2.75) is 45.7 Å². The summed E-state index contributed by atoms with van der Waals surface area (Å²) in [4.78, 5) is 25.7. The van der Waals surface area contributed by atoms with E-state index in [9.17, 15) is 14.7 Å². The highest BCUT2D eigenvalue weighted by Crippen LogP contribution is 2.17. The Hall–Kier alpha value is -1.82. The van der Waals surface area contributed by atoms with Gasteiger partial charge in [-0.25, -0.2) is 4.79 Å². The van der Waals surface area contributed by atoms with Crippen LogP contribution in [0, 0.1) is 0 Å². The second kappa shape index (κ2) is 7.26. The minimum absolute atomic E-state index is 0.338. The lowest BCUT2D eigenvalue weighted by atomic mass is 10.0. The van der Waals surface area contributed by atoms with E-state index in [4.69, 9.17) is 0 Å². The van der Waals surface area contributed by atoms with Gasteiger partial charge in [-0.05, 0) is 39.1 Å². The molecule has 21 heavy (non-hydrogen) atoms. The van der Waals surface area contributed by atoms with Gasteiger partial charge in [0.25, 0.3) is 0 Å². The highest BCUT2D eigenvalue weighted by atomic mass is 32.1. The van der Waals surface area contributed by atoms with E-state index in [2.05, 4.69) is 5.32 Å². The van der Waals surface area contributed by atoms with Gasteiger partial charge in [0.15, 0.2) is 0 Å². The van der Waals surface area contributed by atoms with Gasteiger partial charge >= 0.3 is 6.09 Å². The number of nitrogens with one attached hydrogen (secondary N) is 1. The van der Waals surface area contributed by atoms with Crippen molar-refractivity contribution in [3.63, 3.8) is 0 Å². The summed E-state index contributed by atoms with van der Waals surface area (Å²) in [6.45, 7) is 6.87. The number of thiophene rings is 1. The van der Waals surface area contributed by atoms with Gasteiger partial charge in [-0.1, -0.05) is 12.1 Å². The van der Waals surface area contributed by atoms with Crippen LogP contribution in [0.3, 0.4) is 0 Å². The van der Waals surface area contributed by atoms with Gasteiger partial charge in [0, 0.05) is 23.0 Å². The Morgan fingerprint density at radius 3 is 2.62 bits per heavy atom. The van der Waals surface area contributed by atoms with Gasteiger partial charge in [0.05, 0.1) is 0 Å². The molecule has 0 bridgehead atoms. The molecule has 6 heteroatoms. The third-order valence-corrected chi connectivity index (χ3v) is 3.84. The van der Waals surface area contributed by atoms with Crippen LogP contribution in [0.15, 0.2) is 29.8 Å². The average Bonchev–Trinajstić information content (AvgIpc) is 2.85. The molecule has 0 spiro atoms. The minimum atomic E-state index is -1.10. The highest BCUT2D eigenvalue weighted by Gasteiger charge is 2.34. The van der Waals surface area contributed by atoms with Crippen molar-refractivity contribution in [3.8, 4) is 0 Å². The van der Waals surface area contributed by atoms with Crippen LogP contribution in [0.5, 0.6) is 0 Å². The Morgan fingerprint density at radius 1 is 1.48 bits per heavy atom. The molecule has 0 saturated heterocycles. The number of allylic oxidation sites excluding steroid dienone is 1. The van der Waals surface area contributed by atoms with Crippen molar-refractivity contribution >= 4 is 23.3 Å². The second-order valence-corrected chi connectivity index (χ2v) is 6.73. The molecular weight excluding hydrogens is 288 g/mol. The summed E-state index contributed by atoms with van der Waals surface area (Å²) >= 11 is 1.65. The molecule has 1 unspecified atom stereocenters. The van der Waals surface area contributed by atoms with E-state index < -0.39 is 17.7 Å². The Kier molecular flexibility index (Phi) is 5.96. The van der Waals surface area contributed by atoms with E-state index in [1.165, 1.54) is 4.88 Å². The van der Waals surface area contributed by atoms with Gasteiger partial charge < -0.3 is 10.4 Å². The Labute approximate surface area is 129 Å². The molecule has 1 heterocycles. The predicted octanol–water partition coefficient (Wildman–Crippen LogP) is 3.09. The summed E-state index contributed by atoms with van der Waals surface area (Å²) < 4.78 is 0. The predicted molar refractivity (Wildman–Crippen MR) is 84.4 cm³/mol. The van der Waals surface area contributed by atoms with Gasteiger partial charge in [0.1, 0.15) is 6.04 Å². The molecule has 0 aliphatic carbocycles. The number of amides is 2. The molecule has 0 fully saturated rings. The molecule has 1 rings (SSSR count). The number of carbonyl (C=O) groups is 2. The van der Waals surface area contributed by atoms with Crippen LogP contribution < -0.4 is 5.32 Å². The van der Waals surface area contributed by atoms with E-state index in [0.29, 0.717) is 0 Å². The summed E-state index contributed by atoms with van der Waals surface area (Å²) in [7, 11) is 0. The zero-order valence-electron chi connectivity index (χ0n) is 12.8. The molecule has 0 aliphatic rings. The number of carbonyl (C=O) groups excluding carboxylic acids is 1. The Bertz CT molecular complexity index is 503. The fraction of sp³-hybridized carbons (Fsp3) is 0.467. The van der Waals surface area contributed by atoms with Crippen LogP contribution in [0.2, 0.25) is 0 Å². The van der Waals surface area contributed by atoms with Crippen LogP contribution in [-0.2, 0) is 11.2 Å². The van der Waals surface area contributed by atoms with Gasteiger partial charge in [-0.3, -0.25) is 9.69 Å². The van der Waals surface area contributed by atoms with E-state index in [1.54, 1.807) is 45.2 Å². The number of rotatable bonds is 5. The minimum Gasteiger partial charge on any atom is -0.465 e. The highest BCUT2D eigenvalue weighted by molar-refractivity contribution is 7.09. The zero-order chi connectivity index (χ0) is 16.0. The molecule has 116 valence electrons. The summed E-state index contributed by atoms with van der Waals surface area (Å²) in [6, 6.07) is 3.24. The van der Waals surface area contributed by atoms with Crippen molar-refractivity contribution in [2.24, 2.45) is 0 Å². The monoisotopic (exact) mass is 310 g/mol. The van der Waals surface area contributed by atoms with E-state index >= 15 is 0 Å². The normalized spacial score (nSPS) is 13.1. The van der Waals surface area contributed by atoms with Crippen LogP contribution in [0.25, 0.3) is 0 Å². The molecule has 0 radical (unpaired) electrons. The van der Waals surface area contributed by atoms with Gasteiger partial charge in [-0.2, -0.15) is 0 Å². The van der Waals surface area contributed by atoms with Crippen LogP contribution in [-0.4, -0.2) is 33.6 Å². The first-order valence-corrected chi connectivity index (χ1v) is 7.61. The van der Waals surface area contributed by atoms with Crippen LogP contribution in [0.1, 0.15) is 32.6 Å². The van der Waals surface area contributed by atoms with Crippen LogP contribution >= 0.6 is 11.3 Å².